The van der Waals surface area contributed by atoms with Gasteiger partial charge in [-0.2, -0.15) is 0 Å². The number of fused-ring (bicyclic) bond motifs is 5. The van der Waals surface area contributed by atoms with Crippen molar-refractivity contribution in [2.75, 3.05) is 0 Å². The standard InChI is InChI=1S/C25H41N/c1-24-16-7-6-8-18(24)11-12-20-21-13-14-23(25(21,2)17-15-22(20)24)26-19-9-4-3-5-10-19/h18-22H,3-17H2,1-2H3/t18-,20+,21-,22+,24+,25-/m0/s1. The molecule has 1 nitrogen and oxygen atoms in total. The molecular formula is C25H41N. The lowest BCUT2D eigenvalue weighted by Gasteiger charge is -2.60. The first-order valence-corrected chi connectivity index (χ1v) is 12.2. The molecule has 0 aromatic rings. The van der Waals surface area contributed by atoms with E-state index in [1.807, 2.05) is 0 Å². The minimum Gasteiger partial charge on any atom is -0.290 e. The topological polar surface area (TPSA) is 12.4 Å². The highest BCUT2D eigenvalue weighted by Gasteiger charge is 2.58. The number of rotatable bonds is 1. The summed E-state index contributed by atoms with van der Waals surface area (Å²) in [5, 5.41) is 0. The SMILES string of the molecule is C[C@@]12CCCC[C@H]1CC[C@H]1[C@H]2CC[C@]2(C)C(=NC3CCCCC3)CC[C@@H]12. The Labute approximate surface area is 161 Å². The molecule has 0 saturated heterocycles. The largest absolute Gasteiger partial charge is 0.290 e. The van der Waals surface area contributed by atoms with Crippen molar-refractivity contribution in [1.29, 1.82) is 0 Å². The van der Waals surface area contributed by atoms with Gasteiger partial charge in [0.25, 0.3) is 0 Å². The van der Waals surface area contributed by atoms with Crippen LogP contribution in [0.15, 0.2) is 4.99 Å². The second-order valence-electron chi connectivity index (χ2n) is 11.3. The van der Waals surface area contributed by atoms with Crippen molar-refractivity contribution in [2.45, 2.75) is 116 Å². The Morgan fingerprint density at radius 1 is 0.731 bits per heavy atom. The summed E-state index contributed by atoms with van der Waals surface area (Å²) in [5.41, 5.74) is 2.83. The normalized spacial score (nSPS) is 50.9. The predicted molar refractivity (Wildman–Crippen MR) is 111 cm³/mol. The van der Waals surface area contributed by atoms with Crippen molar-refractivity contribution in [3.8, 4) is 0 Å². The molecule has 1 heteroatoms. The van der Waals surface area contributed by atoms with E-state index in [0.29, 0.717) is 16.9 Å². The molecule has 5 aliphatic carbocycles. The van der Waals surface area contributed by atoms with Gasteiger partial charge in [-0.1, -0.05) is 46.0 Å². The van der Waals surface area contributed by atoms with Gasteiger partial charge in [0, 0.05) is 17.2 Å². The van der Waals surface area contributed by atoms with Crippen molar-refractivity contribution < 1.29 is 0 Å². The fourth-order valence-corrected chi connectivity index (χ4v) is 8.73. The van der Waals surface area contributed by atoms with Crippen molar-refractivity contribution in [1.82, 2.24) is 0 Å². The van der Waals surface area contributed by atoms with E-state index in [-0.39, 0.29) is 0 Å². The molecule has 0 heterocycles. The van der Waals surface area contributed by atoms with Crippen molar-refractivity contribution in [2.24, 2.45) is 39.5 Å². The van der Waals surface area contributed by atoms with E-state index in [4.69, 9.17) is 4.99 Å². The van der Waals surface area contributed by atoms with Gasteiger partial charge in [-0.15, -0.1) is 0 Å². The van der Waals surface area contributed by atoms with E-state index >= 15 is 0 Å². The van der Waals surface area contributed by atoms with Crippen LogP contribution in [0.25, 0.3) is 0 Å². The Bertz CT molecular complexity index is 559. The maximum absolute atomic E-state index is 5.44. The molecule has 6 atom stereocenters. The van der Waals surface area contributed by atoms with Crippen LogP contribution in [-0.4, -0.2) is 11.8 Å². The average molecular weight is 356 g/mol. The molecule has 0 amide bonds. The number of hydrogen-bond acceptors (Lipinski definition) is 1. The van der Waals surface area contributed by atoms with Crippen molar-refractivity contribution in [3.63, 3.8) is 0 Å². The Kier molecular flexibility index (Phi) is 4.52. The van der Waals surface area contributed by atoms with Gasteiger partial charge in [0.15, 0.2) is 0 Å². The lowest BCUT2D eigenvalue weighted by Crippen LogP contribution is -2.52. The molecule has 5 rings (SSSR count). The highest BCUT2D eigenvalue weighted by Crippen LogP contribution is 2.65. The van der Waals surface area contributed by atoms with E-state index in [2.05, 4.69) is 13.8 Å². The molecule has 26 heavy (non-hydrogen) atoms. The minimum absolute atomic E-state index is 0.469. The molecule has 5 fully saturated rings. The predicted octanol–water partition coefficient (Wildman–Crippen LogP) is 7.19. The Morgan fingerprint density at radius 3 is 2.38 bits per heavy atom. The van der Waals surface area contributed by atoms with Gasteiger partial charge in [-0.25, -0.2) is 0 Å². The molecule has 5 saturated carbocycles. The van der Waals surface area contributed by atoms with Crippen LogP contribution >= 0.6 is 0 Å². The maximum Gasteiger partial charge on any atom is 0.0499 e. The van der Waals surface area contributed by atoms with Crippen LogP contribution in [0.2, 0.25) is 0 Å². The van der Waals surface area contributed by atoms with Gasteiger partial charge < -0.3 is 0 Å². The lowest BCUT2D eigenvalue weighted by atomic mass is 9.45. The number of hydrogen-bond donors (Lipinski definition) is 0. The molecule has 0 aromatic carbocycles. The molecule has 146 valence electrons. The van der Waals surface area contributed by atoms with Gasteiger partial charge in [0.2, 0.25) is 0 Å². The van der Waals surface area contributed by atoms with E-state index in [9.17, 15) is 0 Å². The van der Waals surface area contributed by atoms with Crippen molar-refractivity contribution in [3.05, 3.63) is 0 Å². The van der Waals surface area contributed by atoms with Gasteiger partial charge in [0.05, 0.1) is 0 Å². The molecule has 0 bridgehead atoms. The second-order valence-corrected chi connectivity index (χ2v) is 11.3. The summed E-state index contributed by atoms with van der Waals surface area (Å²) in [5.74, 6) is 4.07. The summed E-state index contributed by atoms with van der Waals surface area (Å²) < 4.78 is 0. The summed E-state index contributed by atoms with van der Waals surface area (Å²) >= 11 is 0. The summed E-state index contributed by atoms with van der Waals surface area (Å²) in [4.78, 5) is 5.44. The molecule has 0 aromatic heterocycles. The monoisotopic (exact) mass is 355 g/mol. The van der Waals surface area contributed by atoms with Crippen molar-refractivity contribution >= 4 is 5.71 Å². The number of nitrogens with zero attached hydrogens (tertiary/aromatic N) is 1. The first-order valence-electron chi connectivity index (χ1n) is 12.2. The molecule has 0 spiro atoms. The summed E-state index contributed by atoms with van der Waals surface area (Å²) in [7, 11) is 0. The highest BCUT2D eigenvalue weighted by molar-refractivity contribution is 5.92. The van der Waals surface area contributed by atoms with Crippen LogP contribution in [0.1, 0.15) is 110 Å². The van der Waals surface area contributed by atoms with Crippen LogP contribution < -0.4 is 0 Å². The molecule has 5 aliphatic rings. The Hall–Kier alpha value is -0.330. The second kappa shape index (κ2) is 6.63. The summed E-state index contributed by atoms with van der Waals surface area (Å²) in [6, 6.07) is 0.679. The van der Waals surface area contributed by atoms with Crippen LogP contribution in [0.4, 0.5) is 0 Å². The Balaban J connectivity index is 1.39. The van der Waals surface area contributed by atoms with E-state index in [1.54, 1.807) is 18.6 Å². The van der Waals surface area contributed by atoms with Gasteiger partial charge in [0.1, 0.15) is 0 Å². The van der Waals surface area contributed by atoms with Gasteiger partial charge in [-0.3, -0.25) is 4.99 Å². The lowest BCUT2D eigenvalue weighted by molar-refractivity contribution is -0.0936. The maximum atomic E-state index is 5.44. The third-order valence-electron chi connectivity index (χ3n) is 10.2. The molecular weight excluding hydrogens is 314 g/mol. The van der Waals surface area contributed by atoms with E-state index < -0.39 is 0 Å². The summed E-state index contributed by atoms with van der Waals surface area (Å²) in [6.45, 7) is 5.35. The smallest absolute Gasteiger partial charge is 0.0499 e. The zero-order chi connectivity index (χ0) is 17.8. The quantitative estimate of drug-likeness (QED) is 0.472. The van der Waals surface area contributed by atoms with Crippen LogP contribution in [0.5, 0.6) is 0 Å². The first kappa shape index (κ1) is 17.7. The Morgan fingerprint density at radius 2 is 1.54 bits per heavy atom. The van der Waals surface area contributed by atoms with Gasteiger partial charge in [-0.05, 0) is 93.3 Å². The average Bonchev–Trinajstić information content (AvgIpc) is 2.98. The zero-order valence-electron chi connectivity index (χ0n) is 17.4. The van der Waals surface area contributed by atoms with E-state index in [0.717, 1.165) is 23.7 Å². The molecule has 0 radical (unpaired) electrons. The van der Waals surface area contributed by atoms with Crippen LogP contribution in [0, 0.1) is 34.5 Å². The van der Waals surface area contributed by atoms with Crippen LogP contribution in [0.3, 0.4) is 0 Å². The van der Waals surface area contributed by atoms with E-state index in [1.165, 1.54) is 83.5 Å². The van der Waals surface area contributed by atoms with Gasteiger partial charge >= 0.3 is 0 Å². The molecule has 0 N–H and O–H groups in total. The fourth-order valence-electron chi connectivity index (χ4n) is 8.73. The zero-order valence-corrected chi connectivity index (χ0v) is 17.4. The first-order chi connectivity index (χ1) is 12.6. The minimum atomic E-state index is 0.469. The highest BCUT2D eigenvalue weighted by atomic mass is 14.8. The molecule has 0 aliphatic heterocycles. The fraction of sp³-hybridized carbons (Fsp3) is 0.960. The summed E-state index contributed by atoms with van der Waals surface area (Å²) in [6.07, 6.45) is 22.0. The third-order valence-corrected chi connectivity index (χ3v) is 10.2. The third kappa shape index (κ3) is 2.66. The van der Waals surface area contributed by atoms with Crippen LogP contribution in [-0.2, 0) is 0 Å². The number of aliphatic imine (C=N–C) groups is 1. The molecule has 0 unspecified atom stereocenters.